The number of aromatic amines is 1. The minimum absolute atomic E-state index is 0.180. The van der Waals surface area contributed by atoms with Crippen LogP contribution in [0.2, 0.25) is 0 Å². The Morgan fingerprint density at radius 1 is 1.20 bits per heavy atom. The summed E-state index contributed by atoms with van der Waals surface area (Å²) >= 11 is 0. The van der Waals surface area contributed by atoms with Crippen molar-refractivity contribution in [2.75, 3.05) is 13.1 Å². The Bertz CT molecular complexity index is 559. The highest BCUT2D eigenvalue weighted by Gasteiger charge is 2.20. The van der Waals surface area contributed by atoms with Crippen molar-refractivity contribution in [1.82, 2.24) is 15.6 Å². The normalized spacial score (nSPS) is 19.4. The second kappa shape index (κ2) is 5.79. The molecule has 0 bridgehead atoms. The highest BCUT2D eigenvalue weighted by atomic mass is 16.2. The van der Waals surface area contributed by atoms with Crippen molar-refractivity contribution >= 4 is 5.91 Å². The van der Waals surface area contributed by atoms with Gasteiger partial charge in [0.25, 0.3) is 11.5 Å². The summed E-state index contributed by atoms with van der Waals surface area (Å²) in [5.41, 5.74) is 2.16. The Hall–Kier alpha value is -1.62. The predicted molar refractivity (Wildman–Crippen MR) is 77.1 cm³/mol. The molecule has 3 rings (SSSR count). The van der Waals surface area contributed by atoms with Gasteiger partial charge in [-0.15, -0.1) is 0 Å². The van der Waals surface area contributed by atoms with Crippen molar-refractivity contribution in [3.05, 3.63) is 33.2 Å². The van der Waals surface area contributed by atoms with E-state index in [2.05, 4.69) is 15.6 Å². The lowest BCUT2D eigenvalue weighted by Crippen LogP contribution is -2.44. The molecule has 0 unspecified atom stereocenters. The van der Waals surface area contributed by atoms with E-state index in [1.807, 2.05) is 0 Å². The molecule has 1 fully saturated rings. The molecule has 1 aliphatic heterocycles. The first-order valence-electron chi connectivity index (χ1n) is 7.50. The van der Waals surface area contributed by atoms with Crippen LogP contribution in [-0.2, 0) is 12.8 Å². The molecular formula is C15H21N3O2. The number of aromatic nitrogens is 1. The first-order chi connectivity index (χ1) is 9.74. The van der Waals surface area contributed by atoms with Crippen LogP contribution in [0.5, 0.6) is 0 Å². The molecule has 3 N–H and O–H groups in total. The van der Waals surface area contributed by atoms with Crippen LogP contribution >= 0.6 is 0 Å². The molecule has 1 amide bonds. The topological polar surface area (TPSA) is 74.0 Å². The van der Waals surface area contributed by atoms with E-state index in [1.165, 1.54) is 0 Å². The van der Waals surface area contributed by atoms with Crippen LogP contribution in [0.1, 0.15) is 47.3 Å². The van der Waals surface area contributed by atoms with Gasteiger partial charge in [0.05, 0.1) is 0 Å². The standard InChI is InChI=1S/C15H21N3O2/c19-14(17-11-5-7-16-8-6-11)12-9-10-3-1-2-4-13(10)18-15(12)20/h9,11,16H,1-8H2,(H,17,19)(H,18,20). The summed E-state index contributed by atoms with van der Waals surface area (Å²) < 4.78 is 0. The smallest absolute Gasteiger partial charge is 0.261 e. The molecule has 5 heteroatoms. The third-order valence-corrected chi connectivity index (χ3v) is 4.26. The number of hydrogen-bond acceptors (Lipinski definition) is 3. The molecule has 1 aliphatic carbocycles. The molecule has 0 atom stereocenters. The minimum atomic E-state index is -0.253. The fourth-order valence-electron chi connectivity index (χ4n) is 3.07. The largest absolute Gasteiger partial charge is 0.349 e. The molecule has 1 aromatic heterocycles. The van der Waals surface area contributed by atoms with E-state index in [9.17, 15) is 9.59 Å². The fourth-order valence-corrected chi connectivity index (χ4v) is 3.07. The van der Waals surface area contributed by atoms with E-state index < -0.39 is 0 Å². The minimum Gasteiger partial charge on any atom is -0.349 e. The molecule has 0 spiro atoms. The third kappa shape index (κ3) is 2.77. The highest BCUT2D eigenvalue weighted by Crippen LogP contribution is 2.18. The molecule has 1 aromatic rings. The molecule has 1 saturated heterocycles. The number of pyridine rings is 1. The van der Waals surface area contributed by atoms with Crippen LogP contribution < -0.4 is 16.2 Å². The Morgan fingerprint density at radius 3 is 2.75 bits per heavy atom. The van der Waals surface area contributed by atoms with Gasteiger partial charge in [0, 0.05) is 11.7 Å². The maximum Gasteiger partial charge on any atom is 0.261 e. The van der Waals surface area contributed by atoms with Crippen molar-refractivity contribution in [1.29, 1.82) is 0 Å². The van der Waals surface area contributed by atoms with E-state index >= 15 is 0 Å². The lowest BCUT2D eigenvalue weighted by Gasteiger charge is -2.24. The summed E-state index contributed by atoms with van der Waals surface area (Å²) in [6, 6.07) is 1.98. The van der Waals surface area contributed by atoms with Crippen molar-refractivity contribution < 1.29 is 4.79 Å². The zero-order valence-electron chi connectivity index (χ0n) is 11.6. The van der Waals surface area contributed by atoms with Gasteiger partial charge in [-0.3, -0.25) is 9.59 Å². The number of hydrogen-bond donors (Lipinski definition) is 3. The monoisotopic (exact) mass is 275 g/mol. The zero-order chi connectivity index (χ0) is 13.9. The first-order valence-corrected chi connectivity index (χ1v) is 7.50. The summed E-state index contributed by atoms with van der Waals surface area (Å²) in [7, 11) is 0. The molecule has 5 nitrogen and oxygen atoms in total. The number of fused-ring (bicyclic) bond motifs is 1. The van der Waals surface area contributed by atoms with Crippen molar-refractivity contribution in [3.63, 3.8) is 0 Å². The van der Waals surface area contributed by atoms with Crippen LogP contribution in [0, 0.1) is 0 Å². The number of carbonyl (C=O) groups is 1. The number of rotatable bonds is 2. The van der Waals surface area contributed by atoms with Crippen molar-refractivity contribution in [3.8, 4) is 0 Å². The molecule has 0 saturated carbocycles. The summed E-state index contributed by atoms with van der Waals surface area (Å²) in [5.74, 6) is -0.230. The van der Waals surface area contributed by atoms with Gasteiger partial charge < -0.3 is 15.6 Å². The quantitative estimate of drug-likeness (QED) is 0.745. The van der Waals surface area contributed by atoms with Crippen LogP contribution in [0.4, 0.5) is 0 Å². The van der Waals surface area contributed by atoms with E-state index in [-0.39, 0.29) is 23.1 Å². The molecule has 20 heavy (non-hydrogen) atoms. The Morgan fingerprint density at radius 2 is 1.95 bits per heavy atom. The number of piperidine rings is 1. The molecule has 2 aliphatic rings. The van der Waals surface area contributed by atoms with Crippen LogP contribution in [0.3, 0.4) is 0 Å². The molecule has 0 aromatic carbocycles. The van der Waals surface area contributed by atoms with E-state index in [1.54, 1.807) is 6.07 Å². The van der Waals surface area contributed by atoms with Gasteiger partial charge in [0.15, 0.2) is 0 Å². The Balaban J connectivity index is 1.78. The fraction of sp³-hybridized carbons (Fsp3) is 0.600. The second-order valence-electron chi connectivity index (χ2n) is 5.72. The lowest BCUT2D eigenvalue weighted by molar-refractivity contribution is 0.0928. The molecule has 0 radical (unpaired) electrons. The summed E-state index contributed by atoms with van der Waals surface area (Å²) in [5, 5.41) is 6.24. The number of nitrogens with one attached hydrogen (secondary N) is 3. The average molecular weight is 275 g/mol. The maximum atomic E-state index is 12.3. The number of carbonyl (C=O) groups excluding carboxylic acids is 1. The van der Waals surface area contributed by atoms with Crippen LogP contribution in [0.25, 0.3) is 0 Å². The van der Waals surface area contributed by atoms with E-state index in [0.29, 0.717) is 0 Å². The number of H-pyrrole nitrogens is 1. The van der Waals surface area contributed by atoms with Gasteiger partial charge in [-0.05, 0) is 63.2 Å². The van der Waals surface area contributed by atoms with Crippen LogP contribution in [-0.4, -0.2) is 30.0 Å². The number of amides is 1. The zero-order valence-corrected chi connectivity index (χ0v) is 11.6. The van der Waals surface area contributed by atoms with Gasteiger partial charge in [-0.25, -0.2) is 0 Å². The van der Waals surface area contributed by atoms with E-state index in [4.69, 9.17) is 0 Å². The third-order valence-electron chi connectivity index (χ3n) is 4.26. The summed E-state index contributed by atoms with van der Waals surface area (Å²) in [6.07, 6.45) is 5.97. The van der Waals surface area contributed by atoms with E-state index in [0.717, 1.165) is 62.9 Å². The Kier molecular flexibility index (Phi) is 3.87. The van der Waals surface area contributed by atoms with Gasteiger partial charge in [-0.2, -0.15) is 0 Å². The lowest BCUT2D eigenvalue weighted by atomic mass is 9.95. The maximum absolute atomic E-state index is 12.3. The Labute approximate surface area is 118 Å². The predicted octanol–water partition coefficient (Wildman–Crippen LogP) is 0.735. The second-order valence-corrected chi connectivity index (χ2v) is 5.72. The van der Waals surface area contributed by atoms with Crippen molar-refractivity contribution in [2.24, 2.45) is 0 Å². The van der Waals surface area contributed by atoms with Gasteiger partial charge >= 0.3 is 0 Å². The first kappa shape index (κ1) is 13.4. The van der Waals surface area contributed by atoms with Crippen molar-refractivity contribution in [2.45, 2.75) is 44.6 Å². The van der Waals surface area contributed by atoms with Gasteiger partial charge in [0.2, 0.25) is 0 Å². The molecular weight excluding hydrogens is 254 g/mol. The van der Waals surface area contributed by atoms with Gasteiger partial charge in [0.1, 0.15) is 5.56 Å². The molecule has 2 heterocycles. The highest BCUT2D eigenvalue weighted by molar-refractivity contribution is 5.94. The summed E-state index contributed by atoms with van der Waals surface area (Å²) in [6.45, 7) is 1.84. The van der Waals surface area contributed by atoms with Gasteiger partial charge in [-0.1, -0.05) is 0 Å². The number of aryl methyl sites for hydroxylation is 2. The average Bonchev–Trinajstić information content (AvgIpc) is 2.47. The van der Waals surface area contributed by atoms with Crippen LogP contribution in [0.15, 0.2) is 10.9 Å². The SMILES string of the molecule is O=C(NC1CCNCC1)c1cc2c([nH]c1=O)CCCC2. The molecule has 108 valence electrons. The summed E-state index contributed by atoms with van der Waals surface area (Å²) in [4.78, 5) is 27.2.